The van der Waals surface area contributed by atoms with E-state index in [1.807, 2.05) is 0 Å². The fourth-order valence-electron chi connectivity index (χ4n) is 2.03. The van der Waals surface area contributed by atoms with Gasteiger partial charge in [-0.25, -0.2) is 0 Å². The first kappa shape index (κ1) is 15.6. The first-order valence-electron chi connectivity index (χ1n) is 6.80. The molecule has 0 aromatic heterocycles. The van der Waals surface area contributed by atoms with Gasteiger partial charge in [0.25, 0.3) is 0 Å². The van der Waals surface area contributed by atoms with E-state index in [1.54, 1.807) is 69.7 Å². The normalized spacial score (nSPS) is 11.6. The number of aliphatic hydroxyl groups is 1. The quantitative estimate of drug-likeness (QED) is 0.517. The van der Waals surface area contributed by atoms with Crippen LogP contribution in [0.25, 0.3) is 5.76 Å². The SMILES string of the molecule is COc1ccc(C(=O)/C(C)=C(\O)c2ccc(OC)cc2)cc1. The second-order valence-corrected chi connectivity index (χ2v) is 4.76. The second kappa shape index (κ2) is 6.80. The molecule has 0 saturated carbocycles. The molecule has 2 aromatic carbocycles. The molecule has 2 aromatic rings. The minimum atomic E-state index is -0.226. The Morgan fingerprint density at radius 3 is 1.64 bits per heavy atom. The topological polar surface area (TPSA) is 55.8 Å². The van der Waals surface area contributed by atoms with Crippen molar-refractivity contribution in [3.8, 4) is 11.5 Å². The van der Waals surface area contributed by atoms with Crippen LogP contribution in [0.3, 0.4) is 0 Å². The molecule has 0 spiro atoms. The Morgan fingerprint density at radius 1 is 0.818 bits per heavy atom. The predicted molar refractivity (Wildman–Crippen MR) is 85.5 cm³/mol. The molecule has 0 heterocycles. The number of rotatable bonds is 5. The molecule has 0 aliphatic carbocycles. The number of hydrogen-bond donors (Lipinski definition) is 1. The van der Waals surface area contributed by atoms with Gasteiger partial charge in [-0.2, -0.15) is 0 Å². The monoisotopic (exact) mass is 298 g/mol. The first-order valence-corrected chi connectivity index (χ1v) is 6.80. The van der Waals surface area contributed by atoms with E-state index >= 15 is 0 Å². The van der Waals surface area contributed by atoms with E-state index in [0.29, 0.717) is 22.6 Å². The molecule has 4 nitrogen and oxygen atoms in total. The lowest BCUT2D eigenvalue weighted by molar-refractivity contribution is 0.103. The van der Waals surface area contributed by atoms with Crippen LogP contribution in [0, 0.1) is 0 Å². The van der Waals surface area contributed by atoms with Crippen molar-refractivity contribution in [1.82, 2.24) is 0 Å². The molecular weight excluding hydrogens is 280 g/mol. The molecule has 0 radical (unpaired) electrons. The molecule has 0 atom stereocenters. The van der Waals surface area contributed by atoms with Gasteiger partial charge in [-0.3, -0.25) is 4.79 Å². The van der Waals surface area contributed by atoms with Crippen molar-refractivity contribution in [3.63, 3.8) is 0 Å². The summed E-state index contributed by atoms with van der Waals surface area (Å²) in [6.45, 7) is 1.60. The minimum Gasteiger partial charge on any atom is -0.507 e. The van der Waals surface area contributed by atoms with Crippen LogP contribution < -0.4 is 9.47 Å². The summed E-state index contributed by atoms with van der Waals surface area (Å²) < 4.78 is 10.1. The number of allylic oxidation sites excluding steroid dienone is 1. The van der Waals surface area contributed by atoms with E-state index < -0.39 is 0 Å². The van der Waals surface area contributed by atoms with Crippen molar-refractivity contribution in [2.45, 2.75) is 6.92 Å². The number of Topliss-reactive ketones (excluding diaryl/α,β-unsaturated/α-hetero) is 1. The van der Waals surface area contributed by atoms with Crippen LogP contribution in [0.1, 0.15) is 22.8 Å². The molecule has 0 saturated heterocycles. The highest BCUT2D eigenvalue weighted by molar-refractivity contribution is 6.11. The average Bonchev–Trinajstić information content (AvgIpc) is 2.60. The van der Waals surface area contributed by atoms with Gasteiger partial charge >= 0.3 is 0 Å². The molecule has 0 aliphatic rings. The Hall–Kier alpha value is -2.75. The Bertz CT molecular complexity index is 682. The summed E-state index contributed by atoms with van der Waals surface area (Å²) in [7, 11) is 3.14. The van der Waals surface area contributed by atoms with Crippen molar-refractivity contribution in [2.75, 3.05) is 14.2 Å². The maximum absolute atomic E-state index is 12.4. The largest absolute Gasteiger partial charge is 0.507 e. The molecule has 1 N–H and O–H groups in total. The number of benzene rings is 2. The highest BCUT2D eigenvalue weighted by Gasteiger charge is 2.14. The fraction of sp³-hybridized carbons (Fsp3) is 0.167. The van der Waals surface area contributed by atoms with Crippen molar-refractivity contribution < 1.29 is 19.4 Å². The van der Waals surface area contributed by atoms with E-state index in [0.717, 1.165) is 0 Å². The van der Waals surface area contributed by atoms with Crippen molar-refractivity contribution in [3.05, 3.63) is 65.2 Å². The summed E-state index contributed by atoms with van der Waals surface area (Å²) in [5, 5.41) is 10.3. The number of aliphatic hydroxyl groups excluding tert-OH is 1. The maximum Gasteiger partial charge on any atom is 0.192 e. The van der Waals surface area contributed by atoms with E-state index in [9.17, 15) is 9.90 Å². The Kier molecular flexibility index (Phi) is 4.84. The smallest absolute Gasteiger partial charge is 0.192 e. The Labute approximate surface area is 129 Å². The lowest BCUT2D eigenvalue weighted by atomic mass is 10.0. The van der Waals surface area contributed by atoms with Crippen LogP contribution in [0.15, 0.2) is 54.1 Å². The molecule has 4 heteroatoms. The summed E-state index contributed by atoms with van der Waals surface area (Å²) in [5.74, 6) is 1.10. The highest BCUT2D eigenvalue weighted by Crippen LogP contribution is 2.22. The van der Waals surface area contributed by atoms with E-state index in [-0.39, 0.29) is 17.1 Å². The average molecular weight is 298 g/mol. The van der Waals surface area contributed by atoms with Crippen LogP contribution >= 0.6 is 0 Å². The third kappa shape index (κ3) is 3.28. The molecule has 0 amide bonds. The van der Waals surface area contributed by atoms with Gasteiger partial charge in [-0.05, 0) is 55.5 Å². The minimum absolute atomic E-state index is 0.0385. The third-order valence-electron chi connectivity index (χ3n) is 3.41. The molecule has 0 aliphatic heterocycles. The molecular formula is C18H18O4. The van der Waals surface area contributed by atoms with Crippen LogP contribution in [0.5, 0.6) is 11.5 Å². The van der Waals surface area contributed by atoms with Crippen LogP contribution in [-0.4, -0.2) is 25.1 Å². The van der Waals surface area contributed by atoms with Gasteiger partial charge in [0.1, 0.15) is 17.3 Å². The molecule has 0 fully saturated rings. The van der Waals surface area contributed by atoms with Gasteiger partial charge < -0.3 is 14.6 Å². The van der Waals surface area contributed by atoms with Crippen LogP contribution in [0.4, 0.5) is 0 Å². The predicted octanol–water partition coefficient (Wildman–Crippen LogP) is 3.88. The van der Waals surface area contributed by atoms with Crippen molar-refractivity contribution in [2.24, 2.45) is 0 Å². The number of carbonyl (C=O) groups is 1. The van der Waals surface area contributed by atoms with Crippen molar-refractivity contribution in [1.29, 1.82) is 0 Å². The van der Waals surface area contributed by atoms with Gasteiger partial charge in [0.15, 0.2) is 5.78 Å². The number of ketones is 1. The lowest BCUT2D eigenvalue weighted by Gasteiger charge is -2.08. The zero-order valence-electron chi connectivity index (χ0n) is 12.8. The standard InChI is InChI=1S/C18H18O4/c1-12(17(19)13-4-8-15(21-2)9-5-13)18(20)14-6-10-16(22-3)11-7-14/h4-11,19H,1-3H3/b17-12-. The van der Waals surface area contributed by atoms with Gasteiger partial charge in [-0.1, -0.05) is 0 Å². The van der Waals surface area contributed by atoms with Crippen LogP contribution in [-0.2, 0) is 0 Å². The van der Waals surface area contributed by atoms with Gasteiger partial charge in [0, 0.05) is 16.7 Å². The number of carbonyl (C=O) groups excluding carboxylic acids is 1. The Morgan fingerprint density at radius 2 is 1.23 bits per heavy atom. The highest BCUT2D eigenvalue weighted by atomic mass is 16.5. The third-order valence-corrected chi connectivity index (χ3v) is 3.41. The molecule has 0 bridgehead atoms. The maximum atomic E-state index is 12.4. The van der Waals surface area contributed by atoms with Gasteiger partial charge in [0.05, 0.1) is 14.2 Å². The fourth-order valence-corrected chi connectivity index (χ4v) is 2.03. The van der Waals surface area contributed by atoms with E-state index in [2.05, 4.69) is 0 Å². The van der Waals surface area contributed by atoms with E-state index in [4.69, 9.17) is 9.47 Å². The zero-order valence-corrected chi connectivity index (χ0v) is 12.8. The molecule has 2 rings (SSSR count). The Balaban J connectivity index is 2.29. The summed E-state index contributed by atoms with van der Waals surface area (Å²) in [5.41, 5.74) is 1.36. The summed E-state index contributed by atoms with van der Waals surface area (Å²) in [6, 6.07) is 13.7. The first-order chi connectivity index (χ1) is 10.6. The zero-order chi connectivity index (χ0) is 16.1. The van der Waals surface area contributed by atoms with E-state index in [1.165, 1.54) is 0 Å². The summed E-state index contributed by atoms with van der Waals surface area (Å²) >= 11 is 0. The van der Waals surface area contributed by atoms with Gasteiger partial charge in [-0.15, -0.1) is 0 Å². The molecule has 22 heavy (non-hydrogen) atoms. The van der Waals surface area contributed by atoms with Crippen molar-refractivity contribution >= 4 is 11.5 Å². The number of hydrogen-bond acceptors (Lipinski definition) is 4. The number of ether oxygens (including phenoxy) is 2. The lowest BCUT2D eigenvalue weighted by Crippen LogP contribution is -2.03. The second-order valence-electron chi connectivity index (χ2n) is 4.76. The number of methoxy groups -OCH3 is 2. The summed E-state index contributed by atoms with van der Waals surface area (Å²) in [6.07, 6.45) is 0. The van der Waals surface area contributed by atoms with Crippen LogP contribution in [0.2, 0.25) is 0 Å². The summed E-state index contributed by atoms with van der Waals surface area (Å²) in [4.78, 5) is 12.4. The molecule has 0 unspecified atom stereocenters. The van der Waals surface area contributed by atoms with Gasteiger partial charge in [0.2, 0.25) is 0 Å². The molecule has 114 valence electrons.